The minimum absolute atomic E-state index is 0.0389. The highest BCUT2D eigenvalue weighted by atomic mass is 16.4. The summed E-state index contributed by atoms with van der Waals surface area (Å²) in [5.74, 6) is -0.897. The van der Waals surface area contributed by atoms with Crippen LogP contribution in [-0.2, 0) is 11.2 Å². The van der Waals surface area contributed by atoms with E-state index in [0.29, 0.717) is 10.9 Å². The van der Waals surface area contributed by atoms with E-state index in [2.05, 4.69) is 4.98 Å². The molecule has 0 saturated heterocycles. The molecule has 0 bridgehead atoms. The molecule has 1 aromatic heterocycles. The predicted octanol–water partition coefficient (Wildman–Crippen LogP) is 1.92. The molecule has 5 nitrogen and oxygen atoms in total. The zero-order valence-electron chi connectivity index (χ0n) is 11.9. The Bertz CT molecular complexity index is 717. The van der Waals surface area contributed by atoms with Crippen LogP contribution in [-0.4, -0.2) is 30.2 Å². The van der Waals surface area contributed by atoms with E-state index in [1.165, 1.54) is 0 Å². The molecule has 0 amide bonds. The van der Waals surface area contributed by atoms with E-state index in [1.807, 2.05) is 37.2 Å². The molecule has 2 N–H and O–H groups in total. The Morgan fingerprint density at radius 1 is 1.35 bits per heavy atom. The van der Waals surface area contributed by atoms with Gasteiger partial charge in [-0.25, -0.2) is 0 Å². The number of hydrogen-bond acceptors (Lipinski definition) is 3. The Hall–Kier alpha value is -2.30. The van der Waals surface area contributed by atoms with Gasteiger partial charge in [-0.05, 0) is 31.5 Å². The maximum absolute atomic E-state index is 12.5. The lowest BCUT2D eigenvalue weighted by Crippen LogP contribution is -2.16. The Kier molecular flexibility index (Phi) is 3.79. The molecule has 1 heterocycles. The molecule has 0 aliphatic carbocycles. The van der Waals surface area contributed by atoms with Gasteiger partial charge in [0.15, 0.2) is 5.43 Å². The van der Waals surface area contributed by atoms with Gasteiger partial charge in [-0.3, -0.25) is 9.59 Å². The summed E-state index contributed by atoms with van der Waals surface area (Å²) in [6, 6.07) is 5.65. The number of carbonyl (C=O) groups is 1. The standard InChI is InChI=1S/C15H18N2O3/c1-9-11(5-7-14(18)19)15(20)12-8-10(17(2)3)4-6-13(12)16-9/h4,6,8H,5,7H2,1-3H3,(H,16,20)(H,18,19). The Morgan fingerprint density at radius 2 is 2.05 bits per heavy atom. The second kappa shape index (κ2) is 5.36. The molecule has 0 saturated carbocycles. The Labute approximate surface area is 116 Å². The fourth-order valence-electron chi connectivity index (χ4n) is 2.25. The Morgan fingerprint density at radius 3 is 2.65 bits per heavy atom. The highest BCUT2D eigenvalue weighted by Gasteiger charge is 2.11. The maximum Gasteiger partial charge on any atom is 0.303 e. The number of anilines is 1. The fourth-order valence-corrected chi connectivity index (χ4v) is 2.25. The molecular formula is C15H18N2O3. The first-order valence-corrected chi connectivity index (χ1v) is 6.45. The minimum atomic E-state index is -0.897. The molecule has 0 atom stereocenters. The van der Waals surface area contributed by atoms with E-state index in [9.17, 15) is 9.59 Å². The zero-order valence-corrected chi connectivity index (χ0v) is 11.9. The SMILES string of the molecule is Cc1[nH]c2ccc(N(C)C)cc2c(=O)c1CCC(=O)O. The van der Waals surface area contributed by atoms with Gasteiger partial charge in [0.25, 0.3) is 0 Å². The summed E-state index contributed by atoms with van der Waals surface area (Å²) in [5.41, 5.74) is 2.92. The summed E-state index contributed by atoms with van der Waals surface area (Å²) < 4.78 is 0. The van der Waals surface area contributed by atoms with Crippen molar-refractivity contribution in [3.63, 3.8) is 0 Å². The first kappa shape index (κ1) is 14.1. The number of pyridine rings is 1. The number of aryl methyl sites for hydroxylation is 1. The molecule has 0 spiro atoms. The summed E-state index contributed by atoms with van der Waals surface area (Å²) in [4.78, 5) is 28.3. The molecule has 0 unspecified atom stereocenters. The molecule has 20 heavy (non-hydrogen) atoms. The van der Waals surface area contributed by atoms with Crippen LogP contribution in [0, 0.1) is 6.92 Å². The third kappa shape index (κ3) is 2.66. The van der Waals surface area contributed by atoms with Crippen molar-refractivity contribution in [2.24, 2.45) is 0 Å². The van der Waals surface area contributed by atoms with Gasteiger partial charge in [0, 0.05) is 48.4 Å². The topological polar surface area (TPSA) is 73.4 Å². The summed E-state index contributed by atoms with van der Waals surface area (Å²) >= 11 is 0. The van der Waals surface area contributed by atoms with Crippen molar-refractivity contribution in [3.05, 3.63) is 39.7 Å². The molecule has 0 radical (unpaired) electrons. The van der Waals surface area contributed by atoms with Crippen LogP contribution in [0.2, 0.25) is 0 Å². The number of fused-ring (bicyclic) bond motifs is 1. The third-order valence-electron chi connectivity index (χ3n) is 3.40. The molecule has 0 aliphatic heterocycles. The third-order valence-corrected chi connectivity index (χ3v) is 3.40. The number of aromatic nitrogens is 1. The lowest BCUT2D eigenvalue weighted by Gasteiger charge is -2.14. The second-order valence-corrected chi connectivity index (χ2v) is 5.08. The van der Waals surface area contributed by atoms with Crippen LogP contribution in [0.5, 0.6) is 0 Å². The van der Waals surface area contributed by atoms with Gasteiger partial charge in [0.1, 0.15) is 0 Å². The monoisotopic (exact) mass is 274 g/mol. The van der Waals surface area contributed by atoms with Crippen molar-refractivity contribution in [2.45, 2.75) is 19.8 Å². The number of benzene rings is 1. The van der Waals surface area contributed by atoms with Crippen molar-refractivity contribution >= 4 is 22.6 Å². The molecule has 0 fully saturated rings. The summed E-state index contributed by atoms with van der Waals surface area (Å²) in [7, 11) is 3.82. The van der Waals surface area contributed by atoms with Gasteiger partial charge in [-0.15, -0.1) is 0 Å². The smallest absolute Gasteiger partial charge is 0.303 e. The van der Waals surface area contributed by atoms with Crippen molar-refractivity contribution in [1.82, 2.24) is 4.98 Å². The van der Waals surface area contributed by atoms with Crippen LogP contribution in [0.25, 0.3) is 10.9 Å². The van der Waals surface area contributed by atoms with E-state index in [-0.39, 0.29) is 18.3 Å². The molecule has 5 heteroatoms. The quantitative estimate of drug-likeness (QED) is 0.893. The van der Waals surface area contributed by atoms with Crippen LogP contribution in [0.15, 0.2) is 23.0 Å². The molecular weight excluding hydrogens is 256 g/mol. The number of aromatic amines is 1. The van der Waals surface area contributed by atoms with E-state index >= 15 is 0 Å². The minimum Gasteiger partial charge on any atom is -0.481 e. The lowest BCUT2D eigenvalue weighted by molar-refractivity contribution is -0.136. The number of nitrogens with one attached hydrogen (secondary N) is 1. The van der Waals surface area contributed by atoms with Gasteiger partial charge < -0.3 is 15.0 Å². The highest BCUT2D eigenvalue weighted by Crippen LogP contribution is 2.19. The summed E-state index contributed by atoms with van der Waals surface area (Å²) in [6.07, 6.45) is 0.210. The van der Waals surface area contributed by atoms with Gasteiger partial charge in [0.2, 0.25) is 0 Å². The van der Waals surface area contributed by atoms with Gasteiger partial charge in [-0.1, -0.05) is 0 Å². The van der Waals surface area contributed by atoms with Gasteiger partial charge >= 0.3 is 5.97 Å². The Balaban J connectivity index is 2.59. The predicted molar refractivity (Wildman–Crippen MR) is 79.6 cm³/mol. The average Bonchev–Trinajstić information content (AvgIpc) is 2.37. The zero-order chi connectivity index (χ0) is 14.9. The average molecular weight is 274 g/mol. The molecule has 106 valence electrons. The van der Waals surface area contributed by atoms with Crippen molar-refractivity contribution in [2.75, 3.05) is 19.0 Å². The second-order valence-electron chi connectivity index (χ2n) is 5.08. The van der Waals surface area contributed by atoms with Crippen LogP contribution < -0.4 is 10.3 Å². The maximum atomic E-state index is 12.5. The van der Waals surface area contributed by atoms with Crippen molar-refractivity contribution in [1.29, 1.82) is 0 Å². The molecule has 1 aromatic carbocycles. The number of rotatable bonds is 4. The number of aliphatic carboxylic acids is 1. The van der Waals surface area contributed by atoms with E-state index in [0.717, 1.165) is 16.9 Å². The number of carboxylic acid groups (broad SMARTS) is 1. The normalized spacial score (nSPS) is 10.8. The van der Waals surface area contributed by atoms with Gasteiger partial charge in [-0.2, -0.15) is 0 Å². The number of carboxylic acids is 1. The number of H-pyrrole nitrogens is 1. The number of nitrogens with zero attached hydrogens (tertiary/aromatic N) is 1. The summed E-state index contributed by atoms with van der Waals surface area (Å²) in [6.45, 7) is 1.80. The molecule has 2 rings (SSSR count). The van der Waals surface area contributed by atoms with Crippen LogP contribution in [0.1, 0.15) is 17.7 Å². The van der Waals surface area contributed by atoms with E-state index in [4.69, 9.17) is 5.11 Å². The molecule has 0 aliphatic rings. The summed E-state index contributed by atoms with van der Waals surface area (Å²) in [5, 5.41) is 9.37. The van der Waals surface area contributed by atoms with Crippen molar-refractivity contribution < 1.29 is 9.90 Å². The molecule has 2 aromatic rings. The van der Waals surface area contributed by atoms with Crippen molar-refractivity contribution in [3.8, 4) is 0 Å². The largest absolute Gasteiger partial charge is 0.481 e. The van der Waals surface area contributed by atoms with E-state index in [1.54, 1.807) is 6.92 Å². The van der Waals surface area contributed by atoms with Crippen LogP contribution >= 0.6 is 0 Å². The first-order chi connectivity index (χ1) is 9.40. The highest BCUT2D eigenvalue weighted by molar-refractivity contribution is 5.83. The van der Waals surface area contributed by atoms with E-state index < -0.39 is 5.97 Å². The fraction of sp³-hybridized carbons (Fsp3) is 0.333. The van der Waals surface area contributed by atoms with Gasteiger partial charge in [0.05, 0.1) is 0 Å². The lowest BCUT2D eigenvalue weighted by atomic mass is 10.0. The van der Waals surface area contributed by atoms with Crippen LogP contribution in [0.3, 0.4) is 0 Å². The number of hydrogen-bond donors (Lipinski definition) is 2. The first-order valence-electron chi connectivity index (χ1n) is 6.45. The van der Waals surface area contributed by atoms with Crippen LogP contribution in [0.4, 0.5) is 5.69 Å².